The molecule has 0 spiro atoms. The van der Waals surface area contributed by atoms with Gasteiger partial charge in [-0.1, -0.05) is 0 Å². The summed E-state index contributed by atoms with van der Waals surface area (Å²) >= 11 is 1.97. The van der Waals surface area contributed by atoms with E-state index in [1.807, 2.05) is 35.8 Å². The Labute approximate surface area is 129 Å². The van der Waals surface area contributed by atoms with Crippen LogP contribution in [0.25, 0.3) is 0 Å². The van der Waals surface area contributed by atoms with Crippen LogP contribution >= 0.6 is 35.7 Å². The highest BCUT2D eigenvalue weighted by Gasteiger charge is 2.11. The van der Waals surface area contributed by atoms with Gasteiger partial charge in [0.15, 0.2) is 5.96 Å². The van der Waals surface area contributed by atoms with Crippen molar-refractivity contribution in [2.24, 2.45) is 10.7 Å². The van der Waals surface area contributed by atoms with Gasteiger partial charge in [-0.15, -0.1) is 24.0 Å². The first-order valence-corrected chi connectivity index (χ1v) is 7.03. The van der Waals surface area contributed by atoms with E-state index in [0.717, 1.165) is 31.1 Å². The second-order valence-corrected chi connectivity index (χ2v) is 5.34. The molecule has 0 atom stereocenters. The Morgan fingerprint density at radius 3 is 2.83 bits per heavy atom. The van der Waals surface area contributed by atoms with Gasteiger partial charge in [0.2, 0.25) is 0 Å². The van der Waals surface area contributed by atoms with E-state index in [9.17, 15) is 0 Å². The first-order valence-electron chi connectivity index (χ1n) is 5.87. The minimum absolute atomic E-state index is 0. The van der Waals surface area contributed by atoms with Crippen molar-refractivity contribution in [3.8, 4) is 0 Å². The molecule has 1 saturated heterocycles. The van der Waals surface area contributed by atoms with E-state index in [4.69, 9.17) is 5.73 Å². The van der Waals surface area contributed by atoms with Gasteiger partial charge in [0.05, 0.1) is 19.3 Å². The molecular weight excluding hydrogens is 361 g/mol. The third-order valence-electron chi connectivity index (χ3n) is 2.70. The van der Waals surface area contributed by atoms with Crippen molar-refractivity contribution >= 4 is 41.7 Å². The van der Waals surface area contributed by atoms with Crippen molar-refractivity contribution in [1.82, 2.24) is 14.7 Å². The number of hydrogen-bond donors (Lipinski definition) is 1. The topological polar surface area (TPSA) is 59.4 Å². The van der Waals surface area contributed by atoms with Crippen molar-refractivity contribution in [3.63, 3.8) is 0 Å². The SMILES string of the molecule is Cc1cnn(CCN=C(N)N2CCSCC2)c1.I. The van der Waals surface area contributed by atoms with Gasteiger partial charge in [0.25, 0.3) is 0 Å². The molecule has 1 aliphatic rings. The molecule has 18 heavy (non-hydrogen) atoms. The number of aromatic nitrogens is 2. The van der Waals surface area contributed by atoms with Crippen LogP contribution in [0.1, 0.15) is 5.56 Å². The molecule has 5 nitrogen and oxygen atoms in total. The quantitative estimate of drug-likeness (QED) is 0.485. The third-order valence-corrected chi connectivity index (χ3v) is 3.64. The molecule has 7 heteroatoms. The Hall–Kier alpha value is -0.440. The number of nitrogens with two attached hydrogens (primary N) is 1. The van der Waals surface area contributed by atoms with Crippen LogP contribution in [-0.4, -0.2) is 51.8 Å². The molecule has 2 heterocycles. The maximum Gasteiger partial charge on any atom is 0.191 e. The van der Waals surface area contributed by atoms with Gasteiger partial charge in [0.1, 0.15) is 0 Å². The third kappa shape index (κ3) is 4.68. The molecule has 0 radical (unpaired) electrons. The molecule has 0 bridgehead atoms. The van der Waals surface area contributed by atoms with E-state index in [2.05, 4.69) is 15.0 Å². The molecule has 1 fully saturated rings. The van der Waals surface area contributed by atoms with E-state index in [0.29, 0.717) is 12.5 Å². The molecule has 102 valence electrons. The zero-order valence-corrected chi connectivity index (χ0v) is 13.7. The van der Waals surface area contributed by atoms with Gasteiger partial charge in [-0.05, 0) is 12.5 Å². The lowest BCUT2D eigenvalue weighted by Crippen LogP contribution is -2.42. The largest absolute Gasteiger partial charge is 0.370 e. The molecule has 0 unspecified atom stereocenters. The summed E-state index contributed by atoms with van der Waals surface area (Å²) in [5, 5.41) is 4.21. The number of thioether (sulfide) groups is 1. The molecule has 0 aromatic carbocycles. The van der Waals surface area contributed by atoms with Crippen molar-refractivity contribution in [2.45, 2.75) is 13.5 Å². The lowest BCUT2D eigenvalue weighted by atomic mass is 10.4. The zero-order chi connectivity index (χ0) is 12.1. The van der Waals surface area contributed by atoms with Gasteiger partial charge in [0, 0.05) is 30.8 Å². The van der Waals surface area contributed by atoms with Gasteiger partial charge >= 0.3 is 0 Å². The average Bonchev–Trinajstić information content (AvgIpc) is 2.76. The predicted molar refractivity (Wildman–Crippen MR) is 87.8 cm³/mol. The number of aliphatic imine (C=N–C) groups is 1. The summed E-state index contributed by atoms with van der Waals surface area (Å²) < 4.78 is 1.90. The zero-order valence-electron chi connectivity index (χ0n) is 10.6. The normalized spacial score (nSPS) is 16.5. The van der Waals surface area contributed by atoms with Crippen LogP contribution in [0.15, 0.2) is 17.4 Å². The van der Waals surface area contributed by atoms with Crippen molar-refractivity contribution < 1.29 is 0 Å². The minimum atomic E-state index is 0. The molecular formula is C11H20IN5S. The summed E-state index contributed by atoms with van der Waals surface area (Å²) in [7, 11) is 0. The second kappa shape index (κ2) is 7.88. The van der Waals surface area contributed by atoms with Crippen LogP contribution in [0, 0.1) is 6.92 Å². The number of guanidine groups is 1. The van der Waals surface area contributed by atoms with E-state index in [1.165, 1.54) is 5.56 Å². The first-order chi connectivity index (χ1) is 8.25. The highest BCUT2D eigenvalue weighted by molar-refractivity contribution is 14.0. The lowest BCUT2D eigenvalue weighted by Gasteiger charge is -2.27. The Morgan fingerprint density at radius 2 is 2.22 bits per heavy atom. The van der Waals surface area contributed by atoms with Crippen LogP contribution < -0.4 is 5.73 Å². The molecule has 1 aromatic rings. The van der Waals surface area contributed by atoms with Crippen molar-refractivity contribution in [3.05, 3.63) is 18.0 Å². The van der Waals surface area contributed by atoms with Gasteiger partial charge < -0.3 is 10.6 Å². The first kappa shape index (κ1) is 15.6. The summed E-state index contributed by atoms with van der Waals surface area (Å²) in [6.45, 7) is 5.54. The second-order valence-electron chi connectivity index (χ2n) is 4.12. The fourth-order valence-electron chi connectivity index (χ4n) is 1.75. The van der Waals surface area contributed by atoms with Crippen LogP contribution in [0.4, 0.5) is 0 Å². The molecule has 0 amide bonds. The summed E-state index contributed by atoms with van der Waals surface area (Å²) in [5.74, 6) is 2.97. The Kier molecular flexibility index (Phi) is 6.83. The number of aryl methyl sites for hydroxylation is 1. The standard InChI is InChI=1S/C11H19N5S.HI/c1-10-8-14-16(9-10)3-2-13-11(12)15-4-6-17-7-5-15;/h8-9H,2-7H2,1H3,(H2,12,13);1H. The van der Waals surface area contributed by atoms with Crippen LogP contribution in [0.2, 0.25) is 0 Å². The fraction of sp³-hybridized carbons (Fsp3) is 0.636. The molecule has 0 saturated carbocycles. The van der Waals surface area contributed by atoms with Crippen molar-refractivity contribution in [1.29, 1.82) is 0 Å². The summed E-state index contributed by atoms with van der Waals surface area (Å²) in [6.07, 6.45) is 3.87. The summed E-state index contributed by atoms with van der Waals surface area (Å²) in [6, 6.07) is 0. The number of rotatable bonds is 3. The number of hydrogen-bond acceptors (Lipinski definition) is 3. The lowest BCUT2D eigenvalue weighted by molar-refractivity contribution is 0.454. The maximum atomic E-state index is 5.95. The molecule has 1 aromatic heterocycles. The van der Waals surface area contributed by atoms with Crippen molar-refractivity contribution in [2.75, 3.05) is 31.1 Å². The average molecular weight is 381 g/mol. The summed E-state index contributed by atoms with van der Waals surface area (Å²) in [4.78, 5) is 6.56. The van der Waals surface area contributed by atoms with E-state index in [1.54, 1.807) is 0 Å². The Balaban J connectivity index is 0.00000162. The van der Waals surface area contributed by atoms with Crippen LogP contribution in [0.5, 0.6) is 0 Å². The highest BCUT2D eigenvalue weighted by atomic mass is 127. The van der Waals surface area contributed by atoms with E-state index < -0.39 is 0 Å². The number of nitrogens with zero attached hydrogens (tertiary/aromatic N) is 4. The highest BCUT2D eigenvalue weighted by Crippen LogP contribution is 2.08. The Morgan fingerprint density at radius 1 is 1.50 bits per heavy atom. The summed E-state index contributed by atoms with van der Waals surface area (Å²) in [5.41, 5.74) is 7.13. The molecule has 2 rings (SSSR count). The van der Waals surface area contributed by atoms with Crippen LogP contribution in [-0.2, 0) is 6.54 Å². The van der Waals surface area contributed by atoms with Gasteiger partial charge in [-0.2, -0.15) is 16.9 Å². The van der Waals surface area contributed by atoms with E-state index in [-0.39, 0.29) is 24.0 Å². The van der Waals surface area contributed by atoms with Gasteiger partial charge in [-0.3, -0.25) is 9.67 Å². The molecule has 2 N–H and O–H groups in total. The fourth-order valence-corrected chi connectivity index (χ4v) is 2.65. The maximum absolute atomic E-state index is 5.95. The Bertz CT molecular complexity index is 387. The smallest absolute Gasteiger partial charge is 0.191 e. The minimum Gasteiger partial charge on any atom is -0.370 e. The monoisotopic (exact) mass is 381 g/mol. The van der Waals surface area contributed by atoms with Crippen LogP contribution in [0.3, 0.4) is 0 Å². The molecule has 0 aliphatic carbocycles. The van der Waals surface area contributed by atoms with Gasteiger partial charge in [-0.25, -0.2) is 0 Å². The predicted octanol–water partition coefficient (Wildman–Crippen LogP) is 1.17. The molecule has 1 aliphatic heterocycles. The number of halogens is 1. The van der Waals surface area contributed by atoms with E-state index >= 15 is 0 Å².